The second-order valence-corrected chi connectivity index (χ2v) is 9.41. The maximum absolute atomic E-state index is 14.1. The van der Waals surface area contributed by atoms with E-state index >= 15 is 0 Å². The monoisotopic (exact) mass is 480 g/mol. The molecule has 174 valence electrons. The third-order valence-corrected chi connectivity index (χ3v) is 6.68. The molecule has 0 aromatic heterocycles. The summed E-state index contributed by atoms with van der Waals surface area (Å²) in [6.07, 6.45) is 1.50. The van der Waals surface area contributed by atoms with Crippen molar-refractivity contribution >= 4 is 27.6 Å². The van der Waals surface area contributed by atoms with Gasteiger partial charge >= 0.3 is 5.97 Å². The van der Waals surface area contributed by atoms with Crippen molar-refractivity contribution in [2.24, 2.45) is 0 Å². The summed E-state index contributed by atoms with van der Waals surface area (Å²) in [5.41, 5.74) is 0.974. The summed E-state index contributed by atoms with van der Waals surface area (Å²) in [6.45, 7) is 0. The Morgan fingerprint density at radius 2 is 1.71 bits per heavy atom. The van der Waals surface area contributed by atoms with Crippen molar-refractivity contribution in [3.05, 3.63) is 89.2 Å². The van der Waals surface area contributed by atoms with Gasteiger partial charge in [-0.3, -0.25) is 0 Å². The molecule has 0 aliphatic heterocycles. The number of benzene rings is 3. The van der Waals surface area contributed by atoms with E-state index in [4.69, 9.17) is 9.47 Å². The lowest BCUT2D eigenvalue weighted by molar-refractivity contribution is 0.0729. The average molecular weight is 481 g/mol. The zero-order chi connectivity index (χ0) is 24.9. The highest BCUT2D eigenvalue weighted by atomic mass is 32.2. The highest BCUT2D eigenvalue weighted by Crippen LogP contribution is 2.31. The van der Waals surface area contributed by atoms with Crippen molar-refractivity contribution in [1.29, 1.82) is 5.26 Å². The van der Waals surface area contributed by atoms with E-state index in [2.05, 4.69) is 0 Å². The largest absolute Gasteiger partial charge is 0.493 e. The smallest absolute Gasteiger partial charge is 0.343 e. The molecule has 0 N–H and O–H groups in total. The Bertz CT molecular complexity index is 1390. The van der Waals surface area contributed by atoms with Crippen LogP contribution in [-0.2, 0) is 10.0 Å². The molecule has 0 amide bonds. The van der Waals surface area contributed by atoms with E-state index in [-0.39, 0.29) is 33.1 Å². The molecular weight excluding hydrogens is 459 g/mol. The molecule has 0 heterocycles. The van der Waals surface area contributed by atoms with Crippen molar-refractivity contribution in [2.75, 3.05) is 21.2 Å². The molecule has 0 fully saturated rings. The molecule has 34 heavy (non-hydrogen) atoms. The van der Waals surface area contributed by atoms with Crippen molar-refractivity contribution in [3.63, 3.8) is 0 Å². The quantitative estimate of drug-likeness (QED) is 0.216. The lowest BCUT2D eigenvalue weighted by Gasteiger charge is -2.12. The van der Waals surface area contributed by atoms with E-state index in [0.29, 0.717) is 5.56 Å². The second-order valence-electron chi connectivity index (χ2n) is 7.26. The molecule has 0 aliphatic carbocycles. The maximum atomic E-state index is 14.1. The standard InChI is InChI=1S/C25H21FN2O5S/c1-28(2)34(30,31)20-11-9-18(10-12-20)25(29)33-23-13-8-17(15-24(23)32-3)14-19(16-27)21-6-4-5-7-22(21)26/h4-15H,1-3H3/b19-14-. The van der Waals surface area contributed by atoms with Gasteiger partial charge in [0.05, 0.1) is 29.2 Å². The summed E-state index contributed by atoms with van der Waals surface area (Å²) in [5, 5.41) is 9.47. The Balaban J connectivity index is 1.84. The van der Waals surface area contributed by atoms with Crippen molar-refractivity contribution < 1.29 is 27.1 Å². The molecule has 9 heteroatoms. The number of hydrogen-bond donors (Lipinski definition) is 0. The third kappa shape index (κ3) is 5.31. The fourth-order valence-corrected chi connectivity index (χ4v) is 3.91. The summed E-state index contributed by atoms with van der Waals surface area (Å²) < 4.78 is 50.2. The molecule has 0 saturated heterocycles. The molecule has 3 aromatic rings. The zero-order valence-electron chi connectivity index (χ0n) is 18.7. The number of methoxy groups -OCH3 is 1. The molecule has 7 nitrogen and oxygen atoms in total. The van der Waals surface area contributed by atoms with E-state index in [0.717, 1.165) is 4.31 Å². The van der Waals surface area contributed by atoms with Crippen LogP contribution in [0.4, 0.5) is 4.39 Å². The predicted octanol–water partition coefficient (Wildman–Crippen LogP) is 4.37. The molecule has 0 saturated carbocycles. The first-order valence-corrected chi connectivity index (χ1v) is 11.4. The van der Waals surface area contributed by atoms with Crippen LogP contribution in [0.5, 0.6) is 11.5 Å². The van der Waals surface area contributed by atoms with Gasteiger partial charge in [0.15, 0.2) is 11.5 Å². The lowest BCUT2D eigenvalue weighted by atomic mass is 10.0. The Kier molecular flexibility index (Phi) is 7.46. The highest BCUT2D eigenvalue weighted by Gasteiger charge is 2.19. The molecule has 0 aliphatic rings. The summed E-state index contributed by atoms with van der Waals surface area (Å²) in [7, 11) is 0.603. The zero-order valence-corrected chi connectivity index (χ0v) is 19.5. The van der Waals surface area contributed by atoms with Crippen LogP contribution in [0.3, 0.4) is 0 Å². The SMILES string of the molecule is COc1cc(/C=C(/C#N)c2ccccc2F)ccc1OC(=O)c1ccc(S(=O)(=O)N(C)C)cc1. The van der Waals surface area contributed by atoms with E-state index in [9.17, 15) is 22.9 Å². The van der Waals surface area contributed by atoms with Gasteiger partial charge in [0, 0.05) is 19.7 Å². The fourth-order valence-electron chi connectivity index (χ4n) is 3.01. The molecule has 0 spiro atoms. The van der Waals surface area contributed by atoms with Gasteiger partial charge in [-0.1, -0.05) is 24.3 Å². The van der Waals surface area contributed by atoms with E-state index in [1.807, 2.05) is 6.07 Å². The summed E-state index contributed by atoms with van der Waals surface area (Å²) in [5.74, 6) is -0.879. The first kappa shape index (κ1) is 24.6. The van der Waals surface area contributed by atoms with Gasteiger partial charge in [0.2, 0.25) is 10.0 Å². The molecule has 0 radical (unpaired) electrons. The van der Waals surface area contributed by atoms with Crippen LogP contribution in [0.25, 0.3) is 11.6 Å². The van der Waals surface area contributed by atoms with Gasteiger partial charge in [-0.05, 0) is 54.1 Å². The number of ether oxygens (including phenoxy) is 2. The third-order valence-electron chi connectivity index (χ3n) is 4.85. The van der Waals surface area contributed by atoms with Crippen molar-refractivity contribution in [1.82, 2.24) is 4.31 Å². The highest BCUT2D eigenvalue weighted by molar-refractivity contribution is 7.89. The van der Waals surface area contributed by atoms with Crippen LogP contribution in [0.2, 0.25) is 0 Å². The van der Waals surface area contributed by atoms with Gasteiger partial charge in [0.1, 0.15) is 5.82 Å². The number of hydrogen-bond acceptors (Lipinski definition) is 6. The first-order chi connectivity index (χ1) is 16.2. The number of carbonyl (C=O) groups is 1. The lowest BCUT2D eigenvalue weighted by Crippen LogP contribution is -2.22. The van der Waals surface area contributed by atoms with E-state index < -0.39 is 21.8 Å². The van der Waals surface area contributed by atoms with Gasteiger partial charge < -0.3 is 9.47 Å². The fraction of sp³-hybridized carbons (Fsp3) is 0.120. The minimum atomic E-state index is -3.62. The predicted molar refractivity (Wildman–Crippen MR) is 125 cm³/mol. The number of nitrogens with zero attached hydrogens (tertiary/aromatic N) is 2. The maximum Gasteiger partial charge on any atom is 0.343 e. The number of rotatable bonds is 7. The van der Waals surface area contributed by atoms with Gasteiger partial charge in [0.25, 0.3) is 0 Å². The Morgan fingerprint density at radius 3 is 2.29 bits per heavy atom. The van der Waals surface area contributed by atoms with Crippen LogP contribution in [0, 0.1) is 17.1 Å². The Hall–Kier alpha value is -4.00. The Morgan fingerprint density at radius 1 is 1.03 bits per heavy atom. The van der Waals surface area contributed by atoms with Crippen molar-refractivity contribution in [2.45, 2.75) is 4.90 Å². The van der Waals surface area contributed by atoms with Crippen LogP contribution in [0.15, 0.2) is 71.6 Å². The normalized spacial score (nSPS) is 11.7. The minimum Gasteiger partial charge on any atom is -0.493 e. The van der Waals surface area contributed by atoms with Crippen LogP contribution in [-0.4, -0.2) is 39.9 Å². The number of carbonyl (C=O) groups excluding carboxylic acids is 1. The molecule has 0 unspecified atom stereocenters. The number of allylic oxidation sites excluding steroid dienone is 1. The number of halogens is 1. The summed E-state index contributed by atoms with van der Waals surface area (Å²) in [6, 6.07) is 17.9. The topological polar surface area (TPSA) is 96.7 Å². The molecule has 3 rings (SSSR count). The molecule has 3 aromatic carbocycles. The van der Waals surface area contributed by atoms with E-state index in [1.54, 1.807) is 18.2 Å². The van der Waals surface area contributed by atoms with Crippen LogP contribution >= 0.6 is 0 Å². The van der Waals surface area contributed by atoms with Crippen molar-refractivity contribution in [3.8, 4) is 17.6 Å². The minimum absolute atomic E-state index is 0.0471. The van der Waals surface area contributed by atoms with E-state index in [1.165, 1.54) is 75.8 Å². The molecule has 0 atom stereocenters. The van der Waals surface area contributed by atoms with Gasteiger partial charge in [-0.2, -0.15) is 5.26 Å². The Labute approximate surface area is 197 Å². The van der Waals surface area contributed by atoms with Crippen LogP contribution in [0.1, 0.15) is 21.5 Å². The molecular formula is C25H21FN2O5S. The summed E-state index contributed by atoms with van der Waals surface area (Å²) >= 11 is 0. The second kappa shape index (κ2) is 10.3. The average Bonchev–Trinajstić information content (AvgIpc) is 2.83. The number of esters is 1. The number of sulfonamides is 1. The van der Waals surface area contributed by atoms with Crippen LogP contribution < -0.4 is 9.47 Å². The van der Waals surface area contributed by atoms with Gasteiger partial charge in [-0.15, -0.1) is 0 Å². The summed E-state index contributed by atoms with van der Waals surface area (Å²) in [4.78, 5) is 12.6. The first-order valence-electron chi connectivity index (χ1n) is 9.97. The molecule has 0 bridgehead atoms. The number of nitriles is 1. The van der Waals surface area contributed by atoms with Gasteiger partial charge in [-0.25, -0.2) is 21.9 Å².